The predicted octanol–water partition coefficient (Wildman–Crippen LogP) is 5.54. The molecule has 0 unspecified atom stereocenters. The third kappa shape index (κ3) is 3.27. The van der Waals surface area contributed by atoms with Crippen molar-refractivity contribution in [1.29, 1.82) is 0 Å². The largest absolute Gasteiger partial charge is 0.457 e. The van der Waals surface area contributed by atoms with Crippen molar-refractivity contribution in [3.05, 3.63) is 58.1 Å². The first-order valence-corrected chi connectivity index (χ1v) is 7.17. The average Bonchev–Trinajstić information content (AvgIpc) is 2.39. The second kappa shape index (κ2) is 6.26. The number of aryl methyl sites for hydroxylation is 1. The Morgan fingerprint density at radius 3 is 2.72 bits per heavy atom. The van der Waals surface area contributed by atoms with Crippen LogP contribution in [-0.4, -0.2) is 0 Å². The van der Waals surface area contributed by atoms with E-state index in [4.69, 9.17) is 16.3 Å². The molecule has 18 heavy (non-hydrogen) atoms. The zero-order valence-electron chi connectivity index (χ0n) is 10.1. The minimum atomic E-state index is 0.441. The Kier molecular flexibility index (Phi) is 4.67. The molecule has 0 fully saturated rings. The van der Waals surface area contributed by atoms with Gasteiger partial charge in [-0.25, -0.2) is 0 Å². The fraction of sp³-hybridized carbons (Fsp3) is 0.200. The van der Waals surface area contributed by atoms with Crippen molar-refractivity contribution in [3.63, 3.8) is 0 Å². The molecule has 1 nitrogen and oxygen atoms in total. The summed E-state index contributed by atoms with van der Waals surface area (Å²) < 4.78 is 6.89. The van der Waals surface area contributed by atoms with E-state index < -0.39 is 0 Å². The fourth-order valence-electron chi connectivity index (χ4n) is 1.69. The zero-order valence-corrected chi connectivity index (χ0v) is 12.5. The summed E-state index contributed by atoms with van der Waals surface area (Å²) in [6, 6.07) is 14.0. The van der Waals surface area contributed by atoms with E-state index in [0.717, 1.165) is 28.0 Å². The van der Waals surface area contributed by atoms with Crippen molar-refractivity contribution in [2.24, 2.45) is 0 Å². The maximum Gasteiger partial charge on any atom is 0.132 e. The Hall–Kier alpha value is -0.990. The second-order valence-corrected chi connectivity index (χ2v) is 5.17. The van der Waals surface area contributed by atoms with Gasteiger partial charge in [0.2, 0.25) is 0 Å². The summed E-state index contributed by atoms with van der Waals surface area (Å²) in [5, 5.41) is 0. The van der Waals surface area contributed by atoms with E-state index in [1.165, 1.54) is 5.56 Å². The van der Waals surface area contributed by atoms with E-state index in [9.17, 15) is 0 Å². The van der Waals surface area contributed by atoms with Crippen molar-refractivity contribution in [2.75, 3.05) is 0 Å². The summed E-state index contributed by atoms with van der Waals surface area (Å²) in [6.45, 7) is 2.13. The molecule has 0 atom stereocenters. The van der Waals surface area contributed by atoms with Crippen molar-refractivity contribution in [3.8, 4) is 11.5 Å². The maximum atomic E-state index is 5.91. The summed E-state index contributed by atoms with van der Waals surface area (Å²) in [5.74, 6) is 2.09. The van der Waals surface area contributed by atoms with Crippen LogP contribution in [0.3, 0.4) is 0 Å². The molecule has 2 rings (SSSR count). The lowest BCUT2D eigenvalue weighted by molar-refractivity contribution is 0.477. The second-order valence-electron chi connectivity index (χ2n) is 3.99. The van der Waals surface area contributed by atoms with E-state index in [0.29, 0.717) is 5.88 Å². The van der Waals surface area contributed by atoms with Gasteiger partial charge < -0.3 is 4.74 Å². The predicted molar refractivity (Wildman–Crippen MR) is 79.6 cm³/mol. The Bertz CT molecular complexity index is 540. The highest BCUT2D eigenvalue weighted by Gasteiger charge is 2.05. The van der Waals surface area contributed by atoms with E-state index in [1.54, 1.807) is 0 Å². The van der Waals surface area contributed by atoms with Crippen LogP contribution in [0.4, 0.5) is 0 Å². The van der Waals surface area contributed by atoms with Crippen molar-refractivity contribution in [1.82, 2.24) is 0 Å². The van der Waals surface area contributed by atoms with Crippen molar-refractivity contribution in [2.45, 2.75) is 19.2 Å². The van der Waals surface area contributed by atoms with Crippen LogP contribution in [0.1, 0.15) is 18.1 Å². The molecule has 0 aliphatic carbocycles. The molecular weight excluding hydrogens is 312 g/mol. The quantitative estimate of drug-likeness (QED) is 0.670. The first kappa shape index (κ1) is 13.4. The monoisotopic (exact) mass is 324 g/mol. The zero-order chi connectivity index (χ0) is 13.0. The minimum absolute atomic E-state index is 0.441. The third-order valence-corrected chi connectivity index (χ3v) is 3.49. The van der Waals surface area contributed by atoms with E-state index in [-0.39, 0.29) is 0 Å². The highest BCUT2D eigenvalue weighted by molar-refractivity contribution is 9.10. The van der Waals surface area contributed by atoms with Crippen LogP contribution < -0.4 is 4.74 Å². The summed E-state index contributed by atoms with van der Waals surface area (Å²) in [7, 11) is 0. The van der Waals surface area contributed by atoms with Gasteiger partial charge in [0.25, 0.3) is 0 Å². The molecule has 0 bridgehead atoms. The van der Waals surface area contributed by atoms with E-state index >= 15 is 0 Å². The Morgan fingerprint density at radius 1 is 1.17 bits per heavy atom. The molecule has 2 aromatic rings. The standard InChI is InChI=1S/C15H14BrClO/c1-2-11-4-3-5-14(8-11)18-15-9-13(16)7-6-12(15)10-17/h3-9H,2,10H2,1H3. The molecule has 2 aromatic carbocycles. The summed E-state index contributed by atoms with van der Waals surface area (Å²) >= 11 is 9.36. The SMILES string of the molecule is CCc1cccc(Oc2cc(Br)ccc2CCl)c1. The summed E-state index contributed by atoms with van der Waals surface area (Å²) in [6.07, 6.45) is 0.998. The van der Waals surface area contributed by atoms with Gasteiger partial charge in [0.05, 0.1) is 5.88 Å². The maximum absolute atomic E-state index is 5.91. The van der Waals surface area contributed by atoms with Gasteiger partial charge in [0, 0.05) is 10.0 Å². The van der Waals surface area contributed by atoms with Gasteiger partial charge in [-0.3, -0.25) is 0 Å². The topological polar surface area (TPSA) is 9.23 Å². The normalized spacial score (nSPS) is 10.4. The molecule has 0 aromatic heterocycles. The third-order valence-electron chi connectivity index (χ3n) is 2.71. The van der Waals surface area contributed by atoms with Crippen LogP contribution in [0.15, 0.2) is 46.9 Å². The molecule has 0 heterocycles. The van der Waals surface area contributed by atoms with E-state index in [1.807, 2.05) is 30.3 Å². The Morgan fingerprint density at radius 2 is 2.00 bits per heavy atom. The number of ether oxygens (including phenoxy) is 1. The molecule has 0 aliphatic heterocycles. The molecule has 94 valence electrons. The molecule has 0 radical (unpaired) electrons. The first-order valence-electron chi connectivity index (χ1n) is 5.84. The highest BCUT2D eigenvalue weighted by atomic mass is 79.9. The van der Waals surface area contributed by atoms with Gasteiger partial charge >= 0.3 is 0 Å². The number of benzene rings is 2. The van der Waals surface area contributed by atoms with Crippen LogP contribution in [0.5, 0.6) is 11.5 Å². The lowest BCUT2D eigenvalue weighted by atomic mass is 10.1. The van der Waals surface area contributed by atoms with Gasteiger partial charge in [0.15, 0.2) is 0 Å². The Labute approximate surface area is 121 Å². The first-order chi connectivity index (χ1) is 8.72. The molecule has 3 heteroatoms. The molecule has 0 N–H and O–H groups in total. The number of alkyl halides is 1. The molecule has 0 spiro atoms. The van der Waals surface area contributed by atoms with E-state index in [2.05, 4.69) is 35.0 Å². The van der Waals surface area contributed by atoms with Crippen LogP contribution in [0, 0.1) is 0 Å². The lowest BCUT2D eigenvalue weighted by Crippen LogP contribution is -1.90. The van der Waals surface area contributed by atoms with Gasteiger partial charge in [-0.05, 0) is 36.2 Å². The molecule has 0 amide bonds. The van der Waals surface area contributed by atoms with Crippen LogP contribution >= 0.6 is 27.5 Å². The lowest BCUT2D eigenvalue weighted by Gasteiger charge is -2.11. The number of hydrogen-bond donors (Lipinski definition) is 0. The average molecular weight is 326 g/mol. The smallest absolute Gasteiger partial charge is 0.132 e. The minimum Gasteiger partial charge on any atom is -0.457 e. The van der Waals surface area contributed by atoms with Gasteiger partial charge in [0.1, 0.15) is 11.5 Å². The summed E-state index contributed by atoms with van der Waals surface area (Å²) in [4.78, 5) is 0. The molecule has 0 aliphatic rings. The van der Waals surface area contributed by atoms with Gasteiger partial charge in [-0.15, -0.1) is 11.6 Å². The van der Waals surface area contributed by atoms with Crippen LogP contribution in [0.25, 0.3) is 0 Å². The number of hydrogen-bond acceptors (Lipinski definition) is 1. The molecular formula is C15H14BrClO. The van der Waals surface area contributed by atoms with Crippen LogP contribution in [0.2, 0.25) is 0 Å². The Balaban J connectivity index is 2.29. The highest BCUT2D eigenvalue weighted by Crippen LogP contribution is 2.30. The molecule has 0 saturated heterocycles. The van der Waals surface area contributed by atoms with Crippen molar-refractivity contribution < 1.29 is 4.74 Å². The summed E-state index contributed by atoms with van der Waals surface area (Å²) in [5.41, 5.74) is 2.25. The number of halogens is 2. The van der Waals surface area contributed by atoms with Crippen LogP contribution in [-0.2, 0) is 12.3 Å². The van der Waals surface area contributed by atoms with Gasteiger partial charge in [-0.2, -0.15) is 0 Å². The van der Waals surface area contributed by atoms with Crippen molar-refractivity contribution >= 4 is 27.5 Å². The van der Waals surface area contributed by atoms with Gasteiger partial charge in [-0.1, -0.05) is 41.1 Å². The molecule has 0 saturated carbocycles. The number of rotatable bonds is 4. The fourth-order valence-corrected chi connectivity index (χ4v) is 2.25.